The lowest BCUT2D eigenvalue weighted by Gasteiger charge is -2.08. The lowest BCUT2D eigenvalue weighted by atomic mass is 10.1. The fraction of sp³-hybridized carbons (Fsp3) is 0.154. The van der Waals surface area contributed by atoms with Gasteiger partial charge in [-0.25, -0.2) is 9.97 Å². The molecule has 1 aromatic carbocycles. The van der Waals surface area contributed by atoms with E-state index in [0.717, 1.165) is 6.42 Å². The maximum atomic E-state index is 12.1. The van der Waals surface area contributed by atoms with Crippen LogP contribution in [0.4, 0.5) is 5.82 Å². The Hall–Kier alpha value is -1.59. The number of hydrogen-bond donors (Lipinski definition) is 1. The predicted molar refractivity (Wildman–Crippen MR) is 75.5 cm³/mol. The van der Waals surface area contributed by atoms with Crippen molar-refractivity contribution in [1.82, 2.24) is 9.97 Å². The summed E-state index contributed by atoms with van der Waals surface area (Å²) in [6.45, 7) is 0. The highest BCUT2D eigenvalue weighted by Gasteiger charge is 2.28. The van der Waals surface area contributed by atoms with E-state index < -0.39 is 0 Å². The zero-order chi connectivity index (χ0) is 13.2. The Morgan fingerprint density at radius 1 is 1.32 bits per heavy atom. The molecule has 0 saturated heterocycles. The van der Waals surface area contributed by atoms with Crippen LogP contribution in [0.1, 0.15) is 5.56 Å². The molecule has 4 nitrogen and oxygen atoms in total. The standard InChI is InChI=1S/C13H10ClN3OS/c14-11-6-16-12(7-15-11)17-13(18)10-5-8-3-1-2-4-9(8)19-10/h1-4,6-7,10H,5H2,(H,16,17,18). The molecule has 19 heavy (non-hydrogen) atoms. The van der Waals surface area contributed by atoms with Gasteiger partial charge in [0.15, 0.2) is 5.82 Å². The molecule has 1 aromatic heterocycles. The number of benzene rings is 1. The fourth-order valence-electron chi connectivity index (χ4n) is 1.91. The molecule has 6 heteroatoms. The molecule has 0 bridgehead atoms. The number of hydrogen-bond acceptors (Lipinski definition) is 4. The van der Waals surface area contributed by atoms with E-state index in [4.69, 9.17) is 11.6 Å². The highest BCUT2D eigenvalue weighted by atomic mass is 35.5. The Bertz CT molecular complexity index is 593. The van der Waals surface area contributed by atoms with Crippen LogP contribution in [-0.2, 0) is 11.2 Å². The first kappa shape index (κ1) is 12.4. The van der Waals surface area contributed by atoms with E-state index in [9.17, 15) is 4.79 Å². The van der Waals surface area contributed by atoms with Crippen molar-refractivity contribution in [2.24, 2.45) is 0 Å². The second-order valence-electron chi connectivity index (χ2n) is 4.13. The lowest BCUT2D eigenvalue weighted by Crippen LogP contribution is -2.25. The molecule has 3 rings (SSSR count). The molecule has 1 N–H and O–H groups in total. The first-order chi connectivity index (χ1) is 9.22. The highest BCUT2D eigenvalue weighted by molar-refractivity contribution is 8.01. The van der Waals surface area contributed by atoms with Gasteiger partial charge in [-0.05, 0) is 18.1 Å². The van der Waals surface area contributed by atoms with Crippen LogP contribution < -0.4 is 5.32 Å². The van der Waals surface area contributed by atoms with Gasteiger partial charge in [0.1, 0.15) is 5.15 Å². The number of nitrogens with zero attached hydrogens (tertiary/aromatic N) is 2. The molecular formula is C13H10ClN3OS. The number of carbonyl (C=O) groups excluding carboxylic acids is 1. The van der Waals surface area contributed by atoms with Crippen LogP contribution >= 0.6 is 23.4 Å². The maximum absolute atomic E-state index is 12.1. The summed E-state index contributed by atoms with van der Waals surface area (Å²) in [5.41, 5.74) is 1.22. The molecule has 1 unspecified atom stereocenters. The lowest BCUT2D eigenvalue weighted by molar-refractivity contribution is -0.115. The number of fused-ring (bicyclic) bond motifs is 1. The SMILES string of the molecule is O=C(Nc1cnc(Cl)cn1)C1Cc2ccccc2S1. The van der Waals surface area contributed by atoms with E-state index in [-0.39, 0.29) is 11.2 Å². The van der Waals surface area contributed by atoms with Crippen LogP contribution in [0.2, 0.25) is 5.15 Å². The number of halogens is 1. The van der Waals surface area contributed by atoms with Crippen LogP contribution in [0, 0.1) is 0 Å². The van der Waals surface area contributed by atoms with Crippen molar-refractivity contribution in [3.05, 3.63) is 47.4 Å². The third-order valence-electron chi connectivity index (χ3n) is 2.81. The van der Waals surface area contributed by atoms with Crippen LogP contribution in [0.15, 0.2) is 41.6 Å². The molecule has 2 aromatic rings. The Morgan fingerprint density at radius 2 is 2.16 bits per heavy atom. The summed E-state index contributed by atoms with van der Waals surface area (Å²) in [5, 5.41) is 2.94. The average Bonchev–Trinajstić information content (AvgIpc) is 2.85. The molecule has 0 fully saturated rings. The number of amides is 1. The van der Waals surface area contributed by atoms with E-state index in [0.29, 0.717) is 11.0 Å². The van der Waals surface area contributed by atoms with Gasteiger partial charge in [-0.2, -0.15) is 0 Å². The van der Waals surface area contributed by atoms with Gasteiger partial charge in [-0.3, -0.25) is 4.79 Å². The predicted octanol–water partition coefficient (Wildman–Crippen LogP) is 2.79. The van der Waals surface area contributed by atoms with Crippen molar-refractivity contribution < 1.29 is 4.79 Å². The van der Waals surface area contributed by atoms with Crippen molar-refractivity contribution in [3.8, 4) is 0 Å². The normalized spacial score (nSPS) is 17.0. The van der Waals surface area contributed by atoms with Crippen molar-refractivity contribution in [3.63, 3.8) is 0 Å². The Labute approximate surface area is 119 Å². The Morgan fingerprint density at radius 3 is 2.89 bits per heavy atom. The quantitative estimate of drug-likeness (QED) is 0.924. The summed E-state index contributed by atoms with van der Waals surface area (Å²) >= 11 is 7.23. The number of thioether (sulfide) groups is 1. The summed E-state index contributed by atoms with van der Waals surface area (Å²) in [6.07, 6.45) is 3.61. The third-order valence-corrected chi connectivity index (χ3v) is 4.32. The monoisotopic (exact) mass is 291 g/mol. The van der Waals surface area contributed by atoms with Gasteiger partial charge in [-0.1, -0.05) is 29.8 Å². The minimum atomic E-state index is -0.116. The minimum Gasteiger partial charge on any atom is -0.308 e. The van der Waals surface area contributed by atoms with Gasteiger partial charge in [0, 0.05) is 4.90 Å². The highest BCUT2D eigenvalue weighted by Crippen LogP contribution is 2.37. The van der Waals surface area contributed by atoms with Crippen LogP contribution in [-0.4, -0.2) is 21.1 Å². The van der Waals surface area contributed by atoms with E-state index in [1.807, 2.05) is 18.2 Å². The molecule has 0 spiro atoms. The molecule has 2 heterocycles. The smallest absolute Gasteiger partial charge is 0.239 e. The fourth-order valence-corrected chi connectivity index (χ4v) is 3.20. The van der Waals surface area contributed by atoms with Crippen LogP contribution in [0.25, 0.3) is 0 Å². The van der Waals surface area contributed by atoms with E-state index in [1.54, 1.807) is 11.8 Å². The summed E-state index contributed by atoms with van der Waals surface area (Å²) in [7, 11) is 0. The van der Waals surface area contributed by atoms with Crippen LogP contribution in [0.3, 0.4) is 0 Å². The summed E-state index contributed by atoms with van der Waals surface area (Å²) in [5.74, 6) is 0.365. The van der Waals surface area contributed by atoms with Gasteiger partial charge < -0.3 is 5.32 Å². The second kappa shape index (κ2) is 5.19. The summed E-state index contributed by atoms with van der Waals surface area (Å²) < 4.78 is 0. The second-order valence-corrected chi connectivity index (χ2v) is 5.76. The molecule has 1 aliphatic rings. The number of anilines is 1. The van der Waals surface area contributed by atoms with Crippen LogP contribution in [0.5, 0.6) is 0 Å². The molecular weight excluding hydrogens is 282 g/mol. The van der Waals surface area contributed by atoms with Gasteiger partial charge in [-0.15, -0.1) is 11.8 Å². The van der Waals surface area contributed by atoms with Crippen molar-refractivity contribution in [2.45, 2.75) is 16.6 Å². The first-order valence-corrected chi connectivity index (χ1v) is 7.01. The van der Waals surface area contributed by atoms with Crippen molar-refractivity contribution in [2.75, 3.05) is 5.32 Å². The molecule has 0 aliphatic carbocycles. The van der Waals surface area contributed by atoms with Gasteiger partial charge in [0.05, 0.1) is 17.6 Å². The zero-order valence-electron chi connectivity index (χ0n) is 9.84. The Kier molecular flexibility index (Phi) is 3.40. The third kappa shape index (κ3) is 2.72. The molecule has 96 valence electrons. The first-order valence-electron chi connectivity index (χ1n) is 5.75. The van der Waals surface area contributed by atoms with Gasteiger partial charge >= 0.3 is 0 Å². The van der Waals surface area contributed by atoms with E-state index in [1.165, 1.54) is 22.9 Å². The minimum absolute atomic E-state index is 0.0576. The molecule has 1 amide bonds. The largest absolute Gasteiger partial charge is 0.308 e. The van der Waals surface area contributed by atoms with E-state index in [2.05, 4.69) is 21.4 Å². The maximum Gasteiger partial charge on any atom is 0.239 e. The molecule has 1 aliphatic heterocycles. The molecule has 0 saturated carbocycles. The van der Waals surface area contributed by atoms with Crippen molar-refractivity contribution >= 4 is 35.1 Å². The number of nitrogens with one attached hydrogen (secondary N) is 1. The zero-order valence-corrected chi connectivity index (χ0v) is 11.4. The molecule has 0 radical (unpaired) electrons. The topological polar surface area (TPSA) is 54.9 Å². The average molecular weight is 292 g/mol. The van der Waals surface area contributed by atoms with Crippen molar-refractivity contribution in [1.29, 1.82) is 0 Å². The molecule has 1 atom stereocenters. The van der Waals surface area contributed by atoms with Gasteiger partial charge in [0.25, 0.3) is 0 Å². The van der Waals surface area contributed by atoms with Gasteiger partial charge in [0.2, 0.25) is 5.91 Å². The number of rotatable bonds is 2. The number of carbonyl (C=O) groups is 1. The number of aromatic nitrogens is 2. The van der Waals surface area contributed by atoms with E-state index >= 15 is 0 Å². The summed E-state index contributed by atoms with van der Waals surface area (Å²) in [4.78, 5) is 21.2. The Balaban J connectivity index is 1.68. The summed E-state index contributed by atoms with van der Waals surface area (Å²) in [6, 6.07) is 8.06.